The highest BCUT2D eigenvalue weighted by Crippen LogP contribution is 2.11. The zero-order valence-corrected chi connectivity index (χ0v) is 6.75. The van der Waals surface area contributed by atoms with Crippen molar-refractivity contribution < 1.29 is 14.8 Å². The van der Waals surface area contributed by atoms with Crippen molar-refractivity contribution in [1.29, 1.82) is 0 Å². The van der Waals surface area contributed by atoms with E-state index in [0.717, 1.165) is 12.5 Å². The molecule has 1 heterocycles. The SMILES string of the molecule is CC(C(=O)O)n1cnc([N+](=O)[O-])c1. The van der Waals surface area contributed by atoms with E-state index < -0.39 is 16.9 Å². The lowest BCUT2D eigenvalue weighted by Crippen LogP contribution is -2.13. The number of nitrogens with zero attached hydrogens (tertiary/aromatic N) is 3. The van der Waals surface area contributed by atoms with Crippen molar-refractivity contribution in [2.24, 2.45) is 0 Å². The summed E-state index contributed by atoms with van der Waals surface area (Å²) < 4.78 is 1.17. The summed E-state index contributed by atoms with van der Waals surface area (Å²) >= 11 is 0. The molecular formula is C6H7N3O4. The lowest BCUT2D eigenvalue weighted by atomic mass is 10.3. The first-order valence-electron chi connectivity index (χ1n) is 3.43. The smallest absolute Gasteiger partial charge is 0.381 e. The molecule has 1 N–H and O–H groups in total. The largest absolute Gasteiger partial charge is 0.480 e. The molecule has 70 valence electrons. The average Bonchev–Trinajstić information content (AvgIpc) is 2.50. The predicted octanol–water partition coefficient (Wildman–Crippen LogP) is 0.437. The van der Waals surface area contributed by atoms with Crippen molar-refractivity contribution in [3.8, 4) is 0 Å². The van der Waals surface area contributed by atoms with Crippen molar-refractivity contribution in [2.45, 2.75) is 13.0 Å². The second-order valence-corrected chi connectivity index (χ2v) is 2.45. The highest BCUT2D eigenvalue weighted by Gasteiger charge is 2.18. The van der Waals surface area contributed by atoms with E-state index in [4.69, 9.17) is 5.11 Å². The van der Waals surface area contributed by atoms with Crippen LogP contribution in [0.15, 0.2) is 12.5 Å². The molecule has 0 radical (unpaired) electrons. The maximum absolute atomic E-state index is 10.5. The molecule has 0 amide bonds. The molecule has 0 aliphatic heterocycles. The summed E-state index contributed by atoms with van der Waals surface area (Å²) in [4.78, 5) is 23.4. The topological polar surface area (TPSA) is 98.3 Å². The number of hydrogen-bond acceptors (Lipinski definition) is 4. The standard InChI is InChI=1S/C6H7N3O4/c1-4(6(10)11)8-2-5(7-3-8)9(12)13/h2-4H,1H3,(H,10,11). The molecule has 1 aromatic rings. The van der Waals surface area contributed by atoms with Gasteiger partial charge in [0.25, 0.3) is 0 Å². The average molecular weight is 185 g/mol. The second kappa shape index (κ2) is 3.21. The quantitative estimate of drug-likeness (QED) is 0.544. The Hall–Kier alpha value is -1.92. The molecule has 1 unspecified atom stereocenters. The van der Waals surface area contributed by atoms with Crippen molar-refractivity contribution in [3.63, 3.8) is 0 Å². The summed E-state index contributed by atoms with van der Waals surface area (Å²) in [5.74, 6) is -1.42. The Morgan fingerprint density at radius 3 is 2.85 bits per heavy atom. The lowest BCUT2D eigenvalue weighted by Gasteiger charge is -2.03. The summed E-state index contributed by atoms with van der Waals surface area (Å²) in [6, 6.07) is -0.846. The van der Waals surface area contributed by atoms with E-state index in [1.165, 1.54) is 11.5 Å². The van der Waals surface area contributed by atoms with Gasteiger partial charge in [-0.05, 0) is 16.8 Å². The summed E-state index contributed by atoms with van der Waals surface area (Å²) in [7, 11) is 0. The Morgan fingerprint density at radius 2 is 2.46 bits per heavy atom. The van der Waals surface area contributed by atoms with Crippen LogP contribution in [0.5, 0.6) is 0 Å². The number of nitro groups is 1. The number of aliphatic carboxylic acids is 1. The minimum Gasteiger partial charge on any atom is -0.480 e. The fraction of sp³-hybridized carbons (Fsp3) is 0.333. The van der Waals surface area contributed by atoms with Gasteiger partial charge in [0, 0.05) is 0 Å². The van der Waals surface area contributed by atoms with Crippen LogP contribution in [-0.4, -0.2) is 25.6 Å². The van der Waals surface area contributed by atoms with Crippen LogP contribution in [0.2, 0.25) is 0 Å². The molecule has 7 heteroatoms. The molecular weight excluding hydrogens is 178 g/mol. The zero-order valence-electron chi connectivity index (χ0n) is 6.75. The Morgan fingerprint density at radius 1 is 1.85 bits per heavy atom. The number of carbonyl (C=O) groups is 1. The highest BCUT2D eigenvalue weighted by atomic mass is 16.6. The molecule has 0 bridgehead atoms. The van der Waals surface area contributed by atoms with Gasteiger partial charge in [0.2, 0.25) is 6.33 Å². The van der Waals surface area contributed by atoms with Crippen molar-refractivity contribution in [3.05, 3.63) is 22.6 Å². The number of rotatable bonds is 3. The van der Waals surface area contributed by atoms with Gasteiger partial charge in [-0.25, -0.2) is 4.79 Å². The van der Waals surface area contributed by atoms with Crippen LogP contribution in [0.3, 0.4) is 0 Å². The van der Waals surface area contributed by atoms with E-state index in [2.05, 4.69) is 4.98 Å². The van der Waals surface area contributed by atoms with Gasteiger partial charge in [-0.15, -0.1) is 0 Å². The van der Waals surface area contributed by atoms with Gasteiger partial charge in [0.05, 0.1) is 0 Å². The number of aromatic nitrogens is 2. The molecule has 13 heavy (non-hydrogen) atoms. The molecule has 7 nitrogen and oxygen atoms in total. The number of imidazole rings is 1. The van der Waals surface area contributed by atoms with E-state index in [-0.39, 0.29) is 5.82 Å². The first-order valence-corrected chi connectivity index (χ1v) is 3.43. The number of carboxylic acids is 1. The van der Waals surface area contributed by atoms with Crippen LogP contribution in [-0.2, 0) is 4.79 Å². The normalized spacial score (nSPS) is 12.4. The Kier molecular flexibility index (Phi) is 2.27. The molecule has 0 aromatic carbocycles. The van der Waals surface area contributed by atoms with Crippen LogP contribution >= 0.6 is 0 Å². The molecule has 0 fully saturated rings. The monoisotopic (exact) mass is 185 g/mol. The van der Waals surface area contributed by atoms with Gasteiger partial charge in [-0.3, -0.25) is 4.57 Å². The predicted molar refractivity (Wildman–Crippen MR) is 41.2 cm³/mol. The fourth-order valence-electron chi connectivity index (χ4n) is 0.759. The van der Waals surface area contributed by atoms with Crippen LogP contribution in [0.4, 0.5) is 5.82 Å². The summed E-state index contributed by atoms with van der Waals surface area (Å²) in [5, 5.41) is 18.8. The van der Waals surface area contributed by atoms with Crippen LogP contribution in [0.25, 0.3) is 0 Å². The van der Waals surface area contributed by atoms with Gasteiger partial charge >= 0.3 is 11.8 Å². The molecule has 0 saturated heterocycles. The van der Waals surface area contributed by atoms with Gasteiger partial charge in [-0.1, -0.05) is 0 Å². The molecule has 1 rings (SSSR count). The Bertz CT molecular complexity index is 345. The molecule has 1 aromatic heterocycles. The molecule has 0 aliphatic rings. The lowest BCUT2D eigenvalue weighted by molar-refractivity contribution is -0.389. The third-order valence-electron chi connectivity index (χ3n) is 1.58. The Balaban J connectivity index is 2.91. The minimum atomic E-state index is -1.06. The van der Waals surface area contributed by atoms with Gasteiger partial charge in [0.1, 0.15) is 12.2 Å². The number of hydrogen-bond donors (Lipinski definition) is 1. The van der Waals surface area contributed by atoms with E-state index in [9.17, 15) is 14.9 Å². The third kappa shape index (κ3) is 1.81. The fourth-order valence-corrected chi connectivity index (χ4v) is 0.759. The van der Waals surface area contributed by atoms with Crippen LogP contribution < -0.4 is 0 Å². The van der Waals surface area contributed by atoms with Crippen LogP contribution in [0.1, 0.15) is 13.0 Å². The van der Waals surface area contributed by atoms with Crippen LogP contribution in [0, 0.1) is 10.1 Å². The van der Waals surface area contributed by atoms with E-state index in [0.29, 0.717) is 0 Å². The summed E-state index contributed by atoms with van der Waals surface area (Å²) in [5.41, 5.74) is 0. The first-order chi connectivity index (χ1) is 6.02. The number of carboxylic acid groups (broad SMARTS) is 1. The van der Waals surface area contributed by atoms with E-state index in [1.54, 1.807) is 0 Å². The van der Waals surface area contributed by atoms with Gasteiger partial charge in [0.15, 0.2) is 0 Å². The van der Waals surface area contributed by atoms with Crippen molar-refractivity contribution in [1.82, 2.24) is 9.55 Å². The van der Waals surface area contributed by atoms with Crippen molar-refractivity contribution >= 4 is 11.8 Å². The molecule has 0 spiro atoms. The highest BCUT2D eigenvalue weighted by molar-refractivity contribution is 5.71. The minimum absolute atomic E-state index is 0.354. The zero-order chi connectivity index (χ0) is 10.0. The third-order valence-corrected chi connectivity index (χ3v) is 1.58. The van der Waals surface area contributed by atoms with Crippen molar-refractivity contribution in [2.75, 3.05) is 0 Å². The first kappa shape index (κ1) is 9.17. The molecule has 0 saturated carbocycles. The molecule has 1 atom stereocenters. The maximum atomic E-state index is 10.5. The second-order valence-electron chi connectivity index (χ2n) is 2.45. The maximum Gasteiger partial charge on any atom is 0.381 e. The molecule has 0 aliphatic carbocycles. The Labute approximate surface area is 72.8 Å². The summed E-state index contributed by atoms with van der Waals surface area (Å²) in [6.45, 7) is 1.41. The van der Waals surface area contributed by atoms with E-state index in [1.807, 2.05) is 0 Å². The van der Waals surface area contributed by atoms with Gasteiger partial charge in [-0.2, -0.15) is 0 Å². The van der Waals surface area contributed by atoms with E-state index >= 15 is 0 Å². The summed E-state index contributed by atoms with van der Waals surface area (Å²) in [6.07, 6.45) is 2.20. The van der Waals surface area contributed by atoms with Gasteiger partial charge < -0.3 is 15.2 Å².